The van der Waals surface area contributed by atoms with Gasteiger partial charge in [-0.05, 0) is 84.6 Å². The number of aromatic nitrogens is 8. The first kappa shape index (κ1) is 77.9. The molecule has 9 aromatic rings. The van der Waals surface area contributed by atoms with Gasteiger partial charge in [-0.25, -0.2) is 39.5 Å². The van der Waals surface area contributed by atoms with Crippen molar-refractivity contribution >= 4 is 97.9 Å². The van der Waals surface area contributed by atoms with Gasteiger partial charge in [0.05, 0.1) is 63.4 Å². The second-order valence-corrected chi connectivity index (χ2v) is 24.4. The van der Waals surface area contributed by atoms with Crippen LogP contribution in [-0.2, 0) is 40.3 Å². The molecule has 4 aliphatic heterocycles. The van der Waals surface area contributed by atoms with Crippen molar-refractivity contribution in [1.29, 1.82) is 0 Å². The molecule has 0 radical (unpaired) electrons. The fourth-order valence-electron chi connectivity index (χ4n) is 11.5. The zero-order valence-corrected chi connectivity index (χ0v) is 59.8. The van der Waals surface area contributed by atoms with Gasteiger partial charge in [0.15, 0.2) is 23.0 Å². The number of amides is 3. The molecular weight excluding hydrogens is 1430 g/mol. The van der Waals surface area contributed by atoms with Crippen molar-refractivity contribution in [3.8, 4) is 40.2 Å². The van der Waals surface area contributed by atoms with Crippen LogP contribution in [0, 0.1) is 10.1 Å². The van der Waals surface area contributed by atoms with Crippen LogP contribution >= 0.6 is 11.6 Å². The van der Waals surface area contributed by atoms with Crippen molar-refractivity contribution in [3.63, 3.8) is 0 Å². The normalized spacial score (nSPS) is 14.0. The van der Waals surface area contributed by atoms with Gasteiger partial charge in [-0.3, -0.25) is 43.3 Å². The summed E-state index contributed by atoms with van der Waals surface area (Å²) in [5.41, 5.74) is 13.5. The number of phenolic OH excluding ortho intramolecular Hbond substituents is 1. The van der Waals surface area contributed by atoms with E-state index >= 15 is 0 Å². The number of aromatic hydroxyl groups is 1. The number of nitrogen functional groups attached to an aromatic ring is 2. The molecule has 9 N–H and O–H groups in total. The van der Waals surface area contributed by atoms with Crippen LogP contribution in [0.2, 0.25) is 0 Å². The first-order valence-electron chi connectivity index (χ1n) is 33.9. The second kappa shape index (κ2) is 37.9. The Bertz CT molecular complexity index is 4830. The monoisotopic (exact) mass is 1500 g/mol. The molecule has 37 heteroatoms. The van der Waals surface area contributed by atoms with Crippen LogP contribution in [-0.4, -0.2) is 217 Å². The summed E-state index contributed by atoms with van der Waals surface area (Å²) in [7, 11) is 4.48. The van der Waals surface area contributed by atoms with Crippen molar-refractivity contribution in [1.82, 2.24) is 59.1 Å². The Hall–Kier alpha value is -12.7. The van der Waals surface area contributed by atoms with Gasteiger partial charge in [-0.2, -0.15) is 9.98 Å². The van der Waals surface area contributed by atoms with E-state index in [-0.39, 0.29) is 70.3 Å². The quantitative estimate of drug-likeness (QED) is 0.0154. The van der Waals surface area contributed by atoms with Gasteiger partial charge in [-0.1, -0.05) is 24.3 Å². The van der Waals surface area contributed by atoms with Crippen LogP contribution in [0.3, 0.4) is 0 Å². The van der Waals surface area contributed by atoms with Gasteiger partial charge >= 0.3 is 23.5 Å². The third-order valence-electron chi connectivity index (χ3n) is 16.9. The fraction of sp³-hybridized carbons (Fsp3) is 0.324. The minimum absolute atomic E-state index is 0.0633. The number of piperazine rings is 2. The number of nitrogens with one attached hydrogen (secondary N) is 3. The largest absolute Gasteiger partial charge is 0.508 e. The number of phenols is 1. The number of carbonyl (C=O) groups excluding carboxylic acids is 5. The second-order valence-electron chi connectivity index (χ2n) is 24.1. The number of carboxylic acids is 1. The lowest BCUT2D eigenvalue weighted by Gasteiger charge is -2.34. The molecule has 566 valence electrons. The summed E-state index contributed by atoms with van der Waals surface area (Å²) in [5, 5.41) is 39.8. The fourth-order valence-corrected chi connectivity index (χ4v) is 11.6. The van der Waals surface area contributed by atoms with Crippen LogP contribution < -0.4 is 67.1 Å². The van der Waals surface area contributed by atoms with Gasteiger partial charge in [0, 0.05) is 151 Å². The van der Waals surface area contributed by atoms with E-state index in [1.54, 1.807) is 55.5 Å². The van der Waals surface area contributed by atoms with Crippen molar-refractivity contribution in [3.05, 3.63) is 165 Å². The van der Waals surface area contributed by atoms with E-state index in [4.69, 9.17) is 66.9 Å². The molecule has 2 fully saturated rings. The minimum atomic E-state index is -0.978. The molecular formula is C71H78ClN19O17. The highest BCUT2D eigenvalue weighted by Crippen LogP contribution is 2.39. The number of benzene rings is 5. The zero-order chi connectivity index (χ0) is 76.6. The maximum Gasteiger partial charge on any atom is 0.415 e. The van der Waals surface area contributed by atoms with E-state index in [1.165, 1.54) is 68.3 Å². The van der Waals surface area contributed by atoms with Crippen molar-refractivity contribution in [2.45, 2.75) is 38.8 Å². The number of ether oxygens (including phenoxy) is 7. The SMILES string of the molecule is COC(=O)Cc1ccc(O)cc1.COc1c(OCCCN2CCN(C(=O)Oc3ccc(CC(=O)O)cc3)CC2)ccc2c3n(c(=NC(=O)c4cnc(N)nc4)nc12)CCN3.COc1c(OCCCN2CCNCC2)ccc2c3n(c(=NC(=O)c4cnc(N)nc4)nc12)CCN3.O=C(Cl)Oc1ccc([N+](=O)[O-])cc1. The summed E-state index contributed by atoms with van der Waals surface area (Å²) in [4.78, 5) is 120. The number of nitro groups is 1. The summed E-state index contributed by atoms with van der Waals surface area (Å²) in [6.07, 6.45) is 6.74. The number of halogens is 1. The van der Waals surface area contributed by atoms with Crippen LogP contribution in [0.1, 0.15) is 44.7 Å². The first-order valence-corrected chi connectivity index (χ1v) is 34.3. The third kappa shape index (κ3) is 21.3. The maximum absolute atomic E-state index is 12.9. The average Bonchev–Trinajstić information content (AvgIpc) is 1.44. The molecule has 0 aliphatic carbocycles. The molecule has 0 bridgehead atoms. The van der Waals surface area contributed by atoms with E-state index < -0.39 is 34.2 Å². The number of fused-ring (bicyclic) bond motifs is 6. The number of methoxy groups -OCH3 is 3. The minimum Gasteiger partial charge on any atom is -0.508 e. The maximum atomic E-state index is 12.9. The van der Waals surface area contributed by atoms with E-state index in [0.29, 0.717) is 111 Å². The molecule has 8 heterocycles. The lowest BCUT2D eigenvalue weighted by molar-refractivity contribution is -0.384. The molecule has 4 aliphatic rings. The Morgan fingerprint density at radius 3 is 1.49 bits per heavy atom. The number of nitrogens with zero attached hydrogens (tertiary/aromatic N) is 14. The molecule has 0 atom stereocenters. The van der Waals surface area contributed by atoms with Crippen LogP contribution in [0.5, 0.6) is 40.2 Å². The van der Waals surface area contributed by atoms with E-state index in [1.807, 2.05) is 33.4 Å². The highest BCUT2D eigenvalue weighted by atomic mass is 35.5. The Morgan fingerprint density at radius 2 is 1.04 bits per heavy atom. The summed E-state index contributed by atoms with van der Waals surface area (Å²) >= 11 is 4.92. The molecule has 2 saturated heterocycles. The number of carbonyl (C=O) groups is 6. The number of esters is 1. The number of nitro benzene ring substituents is 1. The van der Waals surface area contributed by atoms with Gasteiger partial charge in [-0.15, -0.1) is 0 Å². The zero-order valence-electron chi connectivity index (χ0n) is 59.0. The Balaban J connectivity index is 0.000000179. The Labute approximate surface area is 621 Å². The smallest absolute Gasteiger partial charge is 0.415 e. The summed E-state index contributed by atoms with van der Waals surface area (Å²) in [5.74, 6) is 2.36. The first-order chi connectivity index (χ1) is 52.2. The number of anilines is 4. The third-order valence-corrected chi connectivity index (χ3v) is 17.0. The predicted octanol–water partition coefficient (Wildman–Crippen LogP) is 5.49. The molecule has 36 nitrogen and oxygen atoms in total. The number of hydrogen-bond donors (Lipinski definition) is 7. The Kier molecular flexibility index (Phi) is 27.3. The number of hydrogen-bond acceptors (Lipinski definition) is 29. The number of carboxylic acid groups (broad SMARTS) is 1. The van der Waals surface area contributed by atoms with Crippen molar-refractivity contribution in [2.24, 2.45) is 9.98 Å². The topological polar surface area (TPSA) is 460 Å². The number of non-ortho nitro benzene ring substituents is 1. The molecule has 13 rings (SSSR count). The molecule has 5 aromatic carbocycles. The van der Waals surface area contributed by atoms with Gasteiger partial charge < -0.3 is 80.6 Å². The summed E-state index contributed by atoms with van der Waals surface area (Å²) < 4.78 is 41.8. The lowest BCUT2D eigenvalue weighted by atomic mass is 10.1. The van der Waals surface area contributed by atoms with E-state index in [2.05, 4.69) is 65.1 Å². The van der Waals surface area contributed by atoms with Crippen LogP contribution in [0.15, 0.2) is 132 Å². The molecule has 3 amide bonds. The number of nitrogens with two attached hydrogens (primary N) is 2. The van der Waals surface area contributed by atoms with Crippen LogP contribution in [0.4, 0.5) is 38.8 Å². The van der Waals surface area contributed by atoms with Crippen LogP contribution in [0.25, 0.3) is 21.8 Å². The highest BCUT2D eigenvalue weighted by Gasteiger charge is 2.26. The highest BCUT2D eigenvalue weighted by molar-refractivity contribution is 6.61. The van der Waals surface area contributed by atoms with Crippen molar-refractivity contribution < 1.29 is 77.1 Å². The molecule has 4 aromatic heterocycles. The Morgan fingerprint density at radius 1 is 0.583 bits per heavy atom. The summed E-state index contributed by atoms with van der Waals surface area (Å²) in [6.45, 7) is 12.0. The number of aliphatic carboxylic acids is 1. The predicted molar refractivity (Wildman–Crippen MR) is 392 cm³/mol. The van der Waals surface area contributed by atoms with Gasteiger partial charge in [0.2, 0.25) is 23.1 Å². The molecule has 108 heavy (non-hydrogen) atoms. The lowest BCUT2D eigenvalue weighted by Crippen LogP contribution is -2.49. The van der Waals surface area contributed by atoms with E-state index in [0.717, 1.165) is 80.1 Å². The molecule has 0 spiro atoms. The van der Waals surface area contributed by atoms with Gasteiger partial charge in [0.1, 0.15) is 39.9 Å². The average molecular weight is 1500 g/mol. The molecule has 0 unspecified atom stereocenters. The van der Waals surface area contributed by atoms with Gasteiger partial charge in [0.25, 0.3) is 17.5 Å². The van der Waals surface area contributed by atoms with E-state index in [9.17, 15) is 38.9 Å². The standard InChI is InChI=1S/C32H35N9O7.C23H29N9O3.C9H10O3.C7H4ClNO4/c1-46-27-24(8-7-23-26(27)37-31(41-11-9-34-28(23)41)38-29(44)21-18-35-30(33)36-19-21)47-16-2-10-39-12-14-40(15-13-39)32(45)48-22-5-3-20(4-6-22)17-25(42)43;1-34-19-17(35-12-2-8-31-9-5-25-6-10-31)4-3-16-18(19)29-23(32-11-7-26-20(16)32)30-21(33)15-13-27-22(24)28-14-15;1-12-9(11)6-7-2-4-8(10)5-3-7;8-7(10)13-6-3-1-5(2-4-6)9(11)12/h3-8,18-19,34H,2,9-17H2,1H3,(H,42,43)(H2,33,35,36);3-4,13-14,25-26H,2,5-12H2,1H3,(H2,24,27,28);2-5,10H,6H2,1H3;1-4H. The summed E-state index contributed by atoms with van der Waals surface area (Å²) in [6, 6.07) is 25.6. The number of rotatable bonds is 21. The van der Waals surface area contributed by atoms with Crippen molar-refractivity contribution in [2.75, 3.05) is 135 Å². The molecule has 0 saturated carbocycles.